The molecule has 106 valence electrons. The largest absolute Gasteiger partial charge is 0.348 e. The number of likely N-dealkylation sites (tertiary alicyclic amines) is 1. The molecule has 0 aliphatic carbocycles. The Morgan fingerprint density at radius 2 is 1.67 bits per heavy atom. The zero-order valence-electron chi connectivity index (χ0n) is 12.5. The summed E-state index contributed by atoms with van der Waals surface area (Å²) in [5.41, 5.74) is 6.19. The zero-order chi connectivity index (χ0) is 13.6. The van der Waals surface area contributed by atoms with Gasteiger partial charge < -0.3 is 15.2 Å². The second kappa shape index (κ2) is 4.44. The van der Waals surface area contributed by atoms with Crippen molar-refractivity contribution in [2.45, 2.75) is 70.4 Å². The second-order valence-corrected chi connectivity index (χ2v) is 7.30. The van der Waals surface area contributed by atoms with E-state index >= 15 is 0 Å². The van der Waals surface area contributed by atoms with Crippen LogP contribution in [0.1, 0.15) is 47.5 Å². The van der Waals surface area contributed by atoms with Crippen molar-refractivity contribution in [3.05, 3.63) is 0 Å². The third-order valence-corrected chi connectivity index (χ3v) is 4.03. The lowest BCUT2D eigenvalue weighted by Gasteiger charge is -2.42. The SMILES string of the molecule is CC(C)(N)C1CC2(CN1C(C)(C)C)OCCCO2. The molecule has 2 rings (SSSR count). The third-order valence-electron chi connectivity index (χ3n) is 4.03. The average molecular weight is 256 g/mol. The molecule has 2 fully saturated rings. The van der Waals surface area contributed by atoms with Gasteiger partial charge in [0.25, 0.3) is 0 Å². The fourth-order valence-corrected chi connectivity index (χ4v) is 3.03. The highest BCUT2D eigenvalue weighted by Gasteiger charge is 2.53. The van der Waals surface area contributed by atoms with Crippen LogP contribution in [0.15, 0.2) is 0 Å². The van der Waals surface area contributed by atoms with Crippen LogP contribution in [0, 0.1) is 0 Å². The van der Waals surface area contributed by atoms with E-state index in [1.165, 1.54) is 0 Å². The highest BCUT2D eigenvalue weighted by Crippen LogP contribution is 2.40. The van der Waals surface area contributed by atoms with Gasteiger partial charge in [-0.15, -0.1) is 0 Å². The Morgan fingerprint density at radius 3 is 2.06 bits per heavy atom. The van der Waals surface area contributed by atoms with Gasteiger partial charge in [0.05, 0.1) is 19.8 Å². The van der Waals surface area contributed by atoms with Crippen molar-refractivity contribution in [2.75, 3.05) is 19.8 Å². The number of nitrogens with two attached hydrogens (primary N) is 1. The predicted octanol–water partition coefficient (Wildman–Crippen LogP) is 1.73. The summed E-state index contributed by atoms with van der Waals surface area (Å²) in [7, 11) is 0. The van der Waals surface area contributed by atoms with Crippen molar-refractivity contribution < 1.29 is 9.47 Å². The lowest BCUT2D eigenvalue weighted by atomic mass is 9.90. The molecule has 1 spiro atoms. The summed E-state index contributed by atoms with van der Waals surface area (Å²) in [6.45, 7) is 13.3. The molecule has 0 bridgehead atoms. The van der Waals surface area contributed by atoms with Crippen molar-refractivity contribution in [1.82, 2.24) is 4.90 Å². The van der Waals surface area contributed by atoms with Gasteiger partial charge >= 0.3 is 0 Å². The summed E-state index contributed by atoms with van der Waals surface area (Å²) in [5.74, 6) is -0.424. The van der Waals surface area contributed by atoms with E-state index in [1.54, 1.807) is 0 Å². The molecule has 2 heterocycles. The molecule has 0 amide bonds. The summed E-state index contributed by atoms with van der Waals surface area (Å²) >= 11 is 0. The Hall–Kier alpha value is -0.160. The van der Waals surface area contributed by atoms with E-state index in [9.17, 15) is 0 Å². The van der Waals surface area contributed by atoms with Gasteiger partial charge in [0, 0.05) is 23.5 Å². The Kier molecular flexibility index (Phi) is 3.52. The van der Waals surface area contributed by atoms with Gasteiger partial charge in [0.15, 0.2) is 5.79 Å². The fraction of sp³-hybridized carbons (Fsp3) is 1.00. The second-order valence-electron chi connectivity index (χ2n) is 7.30. The van der Waals surface area contributed by atoms with Crippen molar-refractivity contribution >= 4 is 0 Å². The van der Waals surface area contributed by atoms with Gasteiger partial charge in [-0.05, 0) is 41.0 Å². The van der Waals surface area contributed by atoms with E-state index in [0.717, 1.165) is 32.6 Å². The third kappa shape index (κ3) is 2.72. The highest BCUT2D eigenvalue weighted by atomic mass is 16.7. The van der Waals surface area contributed by atoms with Crippen LogP contribution in [0.5, 0.6) is 0 Å². The molecule has 2 aliphatic heterocycles. The Balaban J connectivity index is 2.23. The zero-order valence-corrected chi connectivity index (χ0v) is 12.5. The molecular weight excluding hydrogens is 228 g/mol. The Labute approximate surface area is 111 Å². The average Bonchev–Trinajstić information content (AvgIpc) is 2.58. The predicted molar refractivity (Wildman–Crippen MR) is 72.4 cm³/mol. The van der Waals surface area contributed by atoms with Crippen molar-refractivity contribution in [2.24, 2.45) is 5.73 Å². The minimum absolute atomic E-state index is 0.0783. The van der Waals surface area contributed by atoms with Gasteiger partial charge in [-0.25, -0.2) is 0 Å². The molecule has 2 aliphatic rings. The van der Waals surface area contributed by atoms with Gasteiger partial charge in [-0.1, -0.05) is 0 Å². The van der Waals surface area contributed by atoms with Crippen molar-refractivity contribution in [3.8, 4) is 0 Å². The van der Waals surface area contributed by atoms with Crippen LogP contribution < -0.4 is 5.73 Å². The molecule has 18 heavy (non-hydrogen) atoms. The smallest absolute Gasteiger partial charge is 0.182 e. The van der Waals surface area contributed by atoms with E-state index in [-0.39, 0.29) is 17.1 Å². The van der Waals surface area contributed by atoms with Gasteiger partial charge in [-0.3, -0.25) is 4.90 Å². The molecule has 2 N–H and O–H groups in total. The summed E-state index contributed by atoms with van der Waals surface area (Å²) in [4.78, 5) is 2.44. The molecule has 0 aromatic heterocycles. The first-order chi connectivity index (χ1) is 8.14. The monoisotopic (exact) mass is 256 g/mol. The van der Waals surface area contributed by atoms with Crippen LogP contribution in [0.25, 0.3) is 0 Å². The van der Waals surface area contributed by atoms with E-state index < -0.39 is 5.79 Å². The lowest BCUT2D eigenvalue weighted by molar-refractivity contribution is -0.259. The molecule has 2 saturated heterocycles. The summed E-state index contributed by atoms with van der Waals surface area (Å²) < 4.78 is 11.9. The maximum atomic E-state index is 6.37. The van der Waals surface area contributed by atoms with Gasteiger partial charge in [-0.2, -0.15) is 0 Å². The summed E-state index contributed by atoms with van der Waals surface area (Å²) in [6, 6.07) is 0.288. The molecule has 0 saturated carbocycles. The number of ether oxygens (including phenoxy) is 2. The minimum Gasteiger partial charge on any atom is -0.348 e. The molecular formula is C14H28N2O2. The maximum Gasteiger partial charge on any atom is 0.182 e. The minimum atomic E-state index is -0.424. The molecule has 1 unspecified atom stereocenters. The van der Waals surface area contributed by atoms with E-state index in [0.29, 0.717) is 0 Å². The Morgan fingerprint density at radius 1 is 1.11 bits per heavy atom. The van der Waals surface area contributed by atoms with Crippen molar-refractivity contribution in [3.63, 3.8) is 0 Å². The van der Waals surface area contributed by atoms with Gasteiger partial charge in [0.2, 0.25) is 0 Å². The summed E-state index contributed by atoms with van der Waals surface area (Å²) in [6.07, 6.45) is 1.86. The first kappa shape index (κ1) is 14.3. The number of hydrogen-bond acceptors (Lipinski definition) is 4. The Bertz CT molecular complexity index is 274. The van der Waals surface area contributed by atoms with Crippen LogP contribution >= 0.6 is 0 Å². The molecule has 1 atom stereocenters. The normalized spacial score (nSPS) is 30.0. The van der Waals surface area contributed by atoms with E-state index in [2.05, 4.69) is 39.5 Å². The highest BCUT2D eigenvalue weighted by molar-refractivity contribution is 5.05. The fourth-order valence-electron chi connectivity index (χ4n) is 3.03. The van der Waals surface area contributed by atoms with Crippen LogP contribution in [0.4, 0.5) is 0 Å². The maximum absolute atomic E-state index is 6.37. The number of nitrogens with zero attached hydrogens (tertiary/aromatic N) is 1. The van der Waals surface area contributed by atoms with E-state index in [4.69, 9.17) is 15.2 Å². The van der Waals surface area contributed by atoms with Crippen molar-refractivity contribution in [1.29, 1.82) is 0 Å². The molecule has 0 aromatic carbocycles. The molecule has 4 heteroatoms. The van der Waals surface area contributed by atoms with Crippen LogP contribution in [-0.4, -0.2) is 47.6 Å². The molecule has 4 nitrogen and oxygen atoms in total. The first-order valence-electron chi connectivity index (χ1n) is 6.98. The first-order valence-corrected chi connectivity index (χ1v) is 6.98. The number of hydrogen-bond donors (Lipinski definition) is 1. The van der Waals surface area contributed by atoms with Gasteiger partial charge in [0.1, 0.15) is 0 Å². The number of rotatable bonds is 1. The van der Waals surface area contributed by atoms with Crippen LogP contribution in [0.2, 0.25) is 0 Å². The van der Waals surface area contributed by atoms with Crippen LogP contribution in [-0.2, 0) is 9.47 Å². The quantitative estimate of drug-likeness (QED) is 0.776. The molecule has 0 aromatic rings. The topological polar surface area (TPSA) is 47.7 Å². The van der Waals surface area contributed by atoms with Crippen LogP contribution in [0.3, 0.4) is 0 Å². The molecule has 0 radical (unpaired) electrons. The summed E-state index contributed by atoms with van der Waals surface area (Å²) in [5, 5.41) is 0. The standard InChI is InChI=1S/C14H28N2O2/c1-12(2,3)16-10-14(17-7-6-8-18-14)9-11(16)13(4,5)15/h11H,6-10,15H2,1-5H3. The van der Waals surface area contributed by atoms with E-state index in [1.807, 2.05) is 0 Å². The lowest BCUT2D eigenvalue weighted by Crippen LogP contribution is -2.57.